The lowest BCUT2D eigenvalue weighted by Crippen LogP contribution is -2.14. The highest BCUT2D eigenvalue weighted by molar-refractivity contribution is 6.07. The van der Waals surface area contributed by atoms with E-state index in [0.717, 1.165) is 0 Å². The molecule has 0 spiro atoms. The number of anilines is 2. The summed E-state index contributed by atoms with van der Waals surface area (Å²) in [5.74, 6) is 0.115. The molecule has 2 N–H and O–H groups in total. The van der Waals surface area contributed by atoms with Crippen molar-refractivity contribution < 1.29 is 9.32 Å². The van der Waals surface area contributed by atoms with Crippen LogP contribution in [-0.2, 0) is 0 Å². The molecule has 0 radical (unpaired) electrons. The molecule has 0 aliphatic carbocycles. The standard InChI is InChI=1S/C10H10N4O2/c1-11-8-6-12-4-2-7(8)10(15)13-9-3-5-16-14-9/h2-6,11H,1H3,(H,13,14,15). The van der Waals surface area contributed by atoms with Gasteiger partial charge in [0.25, 0.3) is 5.91 Å². The zero-order chi connectivity index (χ0) is 11.4. The Hall–Kier alpha value is -2.37. The van der Waals surface area contributed by atoms with Gasteiger partial charge in [0, 0.05) is 19.3 Å². The average molecular weight is 218 g/mol. The molecular formula is C10H10N4O2. The molecule has 2 aromatic heterocycles. The maximum Gasteiger partial charge on any atom is 0.259 e. The number of nitrogens with zero attached hydrogens (tertiary/aromatic N) is 2. The quantitative estimate of drug-likeness (QED) is 0.813. The lowest BCUT2D eigenvalue weighted by molar-refractivity contribution is 0.102. The number of nitrogens with one attached hydrogen (secondary N) is 2. The minimum Gasteiger partial charge on any atom is -0.386 e. The number of carbonyl (C=O) groups excluding carboxylic acids is 1. The van der Waals surface area contributed by atoms with E-state index >= 15 is 0 Å². The summed E-state index contributed by atoms with van der Waals surface area (Å²) in [6.45, 7) is 0. The van der Waals surface area contributed by atoms with Gasteiger partial charge >= 0.3 is 0 Å². The molecule has 6 heteroatoms. The van der Waals surface area contributed by atoms with Crippen molar-refractivity contribution in [3.63, 3.8) is 0 Å². The molecule has 0 aliphatic rings. The third-order valence-electron chi connectivity index (χ3n) is 2.01. The smallest absolute Gasteiger partial charge is 0.259 e. The van der Waals surface area contributed by atoms with E-state index in [4.69, 9.17) is 0 Å². The third kappa shape index (κ3) is 2.00. The molecule has 0 bridgehead atoms. The zero-order valence-electron chi connectivity index (χ0n) is 8.60. The second-order valence-corrected chi connectivity index (χ2v) is 3.01. The van der Waals surface area contributed by atoms with Gasteiger partial charge in [-0.05, 0) is 6.07 Å². The van der Waals surface area contributed by atoms with Gasteiger partial charge in [0.1, 0.15) is 6.26 Å². The van der Waals surface area contributed by atoms with Crippen LogP contribution in [0.4, 0.5) is 11.5 Å². The Morgan fingerprint density at radius 2 is 2.31 bits per heavy atom. The predicted molar refractivity (Wildman–Crippen MR) is 58.2 cm³/mol. The van der Waals surface area contributed by atoms with E-state index in [0.29, 0.717) is 17.1 Å². The summed E-state index contributed by atoms with van der Waals surface area (Å²) in [6.07, 6.45) is 4.53. The summed E-state index contributed by atoms with van der Waals surface area (Å²) < 4.78 is 4.62. The maximum absolute atomic E-state index is 11.8. The highest BCUT2D eigenvalue weighted by atomic mass is 16.5. The molecule has 0 unspecified atom stereocenters. The van der Waals surface area contributed by atoms with Gasteiger partial charge in [-0.2, -0.15) is 0 Å². The Morgan fingerprint density at radius 3 is 3.00 bits per heavy atom. The minimum absolute atomic E-state index is 0.263. The molecule has 6 nitrogen and oxygen atoms in total. The first-order valence-corrected chi connectivity index (χ1v) is 4.65. The lowest BCUT2D eigenvalue weighted by atomic mass is 10.2. The molecule has 0 saturated carbocycles. The molecule has 0 fully saturated rings. The molecule has 0 atom stereocenters. The SMILES string of the molecule is CNc1cnccc1C(=O)Nc1ccon1. The van der Waals surface area contributed by atoms with E-state index in [1.54, 1.807) is 31.6 Å². The van der Waals surface area contributed by atoms with Gasteiger partial charge in [0.05, 0.1) is 17.4 Å². The van der Waals surface area contributed by atoms with Crippen LogP contribution >= 0.6 is 0 Å². The first kappa shape index (κ1) is 10.2. The van der Waals surface area contributed by atoms with E-state index in [2.05, 4.69) is 25.3 Å². The van der Waals surface area contributed by atoms with E-state index in [-0.39, 0.29) is 5.91 Å². The summed E-state index contributed by atoms with van der Waals surface area (Å²) in [5.41, 5.74) is 1.16. The van der Waals surface area contributed by atoms with Gasteiger partial charge in [-0.1, -0.05) is 5.16 Å². The van der Waals surface area contributed by atoms with Crippen molar-refractivity contribution in [2.45, 2.75) is 0 Å². The minimum atomic E-state index is -0.263. The highest BCUT2D eigenvalue weighted by Crippen LogP contribution is 2.14. The number of pyridine rings is 1. The summed E-state index contributed by atoms with van der Waals surface area (Å²) in [4.78, 5) is 15.8. The van der Waals surface area contributed by atoms with Crippen LogP contribution in [0, 0.1) is 0 Å². The predicted octanol–water partition coefficient (Wildman–Crippen LogP) is 1.36. The fourth-order valence-electron chi connectivity index (χ4n) is 1.25. The van der Waals surface area contributed by atoms with Crippen LogP contribution in [0.5, 0.6) is 0 Å². The van der Waals surface area contributed by atoms with Gasteiger partial charge in [-0.15, -0.1) is 0 Å². The van der Waals surface area contributed by atoms with Crippen LogP contribution in [0.15, 0.2) is 35.3 Å². The largest absolute Gasteiger partial charge is 0.386 e. The number of hydrogen-bond acceptors (Lipinski definition) is 5. The second kappa shape index (κ2) is 4.43. The second-order valence-electron chi connectivity index (χ2n) is 3.01. The number of amides is 1. The van der Waals surface area contributed by atoms with Crippen LogP contribution in [-0.4, -0.2) is 23.1 Å². The van der Waals surface area contributed by atoms with Gasteiger partial charge < -0.3 is 15.2 Å². The van der Waals surface area contributed by atoms with Gasteiger partial charge in [-0.3, -0.25) is 9.78 Å². The topological polar surface area (TPSA) is 80.0 Å². The maximum atomic E-state index is 11.8. The average Bonchev–Trinajstić information content (AvgIpc) is 2.81. The lowest BCUT2D eigenvalue weighted by Gasteiger charge is -2.06. The molecule has 0 aromatic carbocycles. The van der Waals surface area contributed by atoms with Gasteiger partial charge in [0.15, 0.2) is 5.82 Å². The van der Waals surface area contributed by atoms with Gasteiger partial charge in [-0.25, -0.2) is 0 Å². The first-order valence-electron chi connectivity index (χ1n) is 4.65. The zero-order valence-corrected chi connectivity index (χ0v) is 8.60. The molecule has 2 heterocycles. The van der Waals surface area contributed by atoms with Crippen molar-refractivity contribution in [3.8, 4) is 0 Å². The molecule has 0 aliphatic heterocycles. The van der Waals surface area contributed by atoms with Crippen molar-refractivity contribution in [1.29, 1.82) is 0 Å². The van der Waals surface area contributed by atoms with Crippen molar-refractivity contribution in [2.24, 2.45) is 0 Å². The molecule has 1 amide bonds. The van der Waals surface area contributed by atoms with Crippen LogP contribution in [0.25, 0.3) is 0 Å². The normalized spacial score (nSPS) is 9.81. The summed E-state index contributed by atoms with van der Waals surface area (Å²) in [5, 5.41) is 9.08. The molecule has 2 rings (SSSR count). The molecular weight excluding hydrogens is 208 g/mol. The van der Waals surface area contributed by atoms with Crippen molar-refractivity contribution in [3.05, 3.63) is 36.4 Å². The van der Waals surface area contributed by atoms with E-state index in [1.807, 2.05) is 0 Å². The van der Waals surface area contributed by atoms with Crippen molar-refractivity contribution >= 4 is 17.4 Å². The monoisotopic (exact) mass is 218 g/mol. The molecule has 16 heavy (non-hydrogen) atoms. The van der Waals surface area contributed by atoms with Crippen molar-refractivity contribution in [2.75, 3.05) is 17.7 Å². The summed E-state index contributed by atoms with van der Waals surface area (Å²) in [7, 11) is 1.73. The number of rotatable bonds is 3. The first-order chi connectivity index (χ1) is 7.81. The van der Waals surface area contributed by atoms with Crippen molar-refractivity contribution in [1.82, 2.24) is 10.1 Å². The number of aromatic nitrogens is 2. The van der Waals surface area contributed by atoms with E-state index in [1.165, 1.54) is 6.26 Å². The molecule has 82 valence electrons. The Morgan fingerprint density at radius 1 is 1.44 bits per heavy atom. The Bertz CT molecular complexity index is 481. The Labute approximate surface area is 91.7 Å². The van der Waals surface area contributed by atoms with Crippen LogP contribution in [0.2, 0.25) is 0 Å². The number of carbonyl (C=O) groups is 1. The molecule has 0 saturated heterocycles. The fourth-order valence-corrected chi connectivity index (χ4v) is 1.25. The Balaban J connectivity index is 2.21. The fraction of sp³-hybridized carbons (Fsp3) is 0.100. The Kier molecular flexibility index (Phi) is 2.81. The van der Waals surface area contributed by atoms with E-state index < -0.39 is 0 Å². The van der Waals surface area contributed by atoms with Crippen LogP contribution < -0.4 is 10.6 Å². The van der Waals surface area contributed by atoms with Gasteiger partial charge in [0.2, 0.25) is 0 Å². The van der Waals surface area contributed by atoms with Crippen LogP contribution in [0.1, 0.15) is 10.4 Å². The van der Waals surface area contributed by atoms with Crippen LogP contribution in [0.3, 0.4) is 0 Å². The highest BCUT2D eigenvalue weighted by Gasteiger charge is 2.11. The molecule has 2 aromatic rings. The van der Waals surface area contributed by atoms with E-state index in [9.17, 15) is 4.79 Å². The number of hydrogen-bond donors (Lipinski definition) is 2. The summed E-state index contributed by atoms with van der Waals surface area (Å²) >= 11 is 0. The third-order valence-corrected chi connectivity index (χ3v) is 2.01. The summed E-state index contributed by atoms with van der Waals surface area (Å²) in [6, 6.07) is 3.19.